The summed E-state index contributed by atoms with van der Waals surface area (Å²) in [6.07, 6.45) is 1.03. The van der Waals surface area contributed by atoms with Crippen LogP contribution in [0.4, 0.5) is 0 Å². The van der Waals surface area contributed by atoms with Gasteiger partial charge >= 0.3 is 5.97 Å². The van der Waals surface area contributed by atoms with E-state index in [1.807, 2.05) is 18.2 Å². The van der Waals surface area contributed by atoms with E-state index in [0.29, 0.717) is 17.4 Å². The number of hydrogen-bond donors (Lipinski definition) is 3. The van der Waals surface area contributed by atoms with Crippen LogP contribution in [0.3, 0.4) is 0 Å². The van der Waals surface area contributed by atoms with Gasteiger partial charge in [-0.05, 0) is 105 Å². The van der Waals surface area contributed by atoms with E-state index in [1.165, 1.54) is 0 Å². The third kappa shape index (κ3) is 5.71. The molecule has 0 spiro atoms. The summed E-state index contributed by atoms with van der Waals surface area (Å²) in [6.45, 7) is 4.19. The van der Waals surface area contributed by atoms with Crippen molar-refractivity contribution in [2.45, 2.75) is 32.7 Å². The molecule has 0 heterocycles. The Kier molecular flexibility index (Phi) is 7.53. The quantitative estimate of drug-likeness (QED) is 0.418. The second kappa shape index (κ2) is 9.23. The van der Waals surface area contributed by atoms with Gasteiger partial charge < -0.3 is 20.7 Å². The minimum Gasteiger partial charge on any atom is -0.508 e. The molecule has 140 valence electrons. The average Bonchev–Trinajstić information content (AvgIpc) is 2.53. The van der Waals surface area contributed by atoms with E-state index in [-0.39, 0.29) is 12.2 Å². The lowest BCUT2D eigenvalue weighted by Crippen LogP contribution is -2.32. The minimum atomic E-state index is -1.02. The highest BCUT2D eigenvalue weighted by Crippen LogP contribution is 2.35. The molecule has 2 aromatic carbocycles. The van der Waals surface area contributed by atoms with E-state index in [4.69, 9.17) is 15.6 Å². The number of rotatable bonds is 7. The minimum absolute atomic E-state index is 0.263. The fraction of sp³-hybridized carbons (Fsp3) is 0.316. The maximum absolute atomic E-state index is 10.9. The number of benzene rings is 2. The van der Waals surface area contributed by atoms with E-state index < -0.39 is 12.0 Å². The van der Waals surface area contributed by atoms with E-state index >= 15 is 0 Å². The first kappa shape index (κ1) is 21.2. The Morgan fingerprint density at radius 1 is 1.15 bits per heavy atom. The Bertz CT molecular complexity index is 785. The van der Waals surface area contributed by atoms with Crippen LogP contribution in [0.15, 0.2) is 30.3 Å². The molecule has 0 aliphatic heterocycles. The van der Waals surface area contributed by atoms with Gasteiger partial charge in [0.15, 0.2) is 5.75 Å². The standard InChI is InChI=1S/C19H21I2NO4/c1-10(2)5-12-9-13(3-4-17(12)23)26-18-14(20)6-11(7-15(18)21)8-16(22)19(24)25/h3-4,6-7,9-10,16,23H,5,8,22H2,1-2H3,(H,24,25)/t16-/m0/s1. The first-order valence-electron chi connectivity index (χ1n) is 8.13. The predicted octanol–water partition coefficient (Wildman–Crippen LogP) is 4.55. The molecule has 0 aliphatic rings. The smallest absolute Gasteiger partial charge is 0.320 e. The van der Waals surface area contributed by atoms with Crippen LogP contribution in [0, 0.1) is 13.1 Å². The maximum Gasteiger partial charge on any atom is 0.320 e. The summed E-state index contributed by atoms with van der Waals surface area (Å²) in [4.78, 5) is 10.9. The first-order valence-corrected chi connectivity index (χ1v) is 10.3. The van der Waals surface area contributed by atoms with Gasteiger partial charge in [0.25, 0.3) is 0 Å². The van der Waals surface area contributed by atoms with Gasteiger partial charge in [0.05, 0.1) is 7.14 Å². The summed E-state index contributed by atoms with van der Waals surface area (Å²) in [5, 5.41) is 19.0. The zero-order valence-electron chi connectivity index (χ0n) is 14.5. The van der Waals surface area contributed by atoms with E-state index in [1.54, 1.807) is 12.1 Å². The molecule has 0 radical (unpaired) electrons. The number of aliphatic carboxylic acids is 1. The summed E-state index contributed by atoms with van der Waals surface area (Å²) in [6, 6.07) is 8.08. The molecule has 0 bridgehead atoms. The number of hydrogen-bond acceptors (Lipinski definition) is 4. The van der Waals surface area contributed by atoms with Crippen molar-refractivity contribution in [3.63, 3.8) is 0 Å². The Morgan fingerprint density at radius 2 is 1.77 bits per heavy atom. The maximum atomic E-state index is 10.9. The van der Waals surface area contributed by atoms with Crippen LogP contribution in [0.5, 0.6) is 17.2 Å². The molecular formula is C19H21I2NO4. The number of phenols is 1. The van der Waals surface area contributed by atoms with Gasteiger partial charge in [-0.25, -0.2) is 0 Å². The summed E-state index contributed by atoms with van der Waals surface area (Å²) in [7, 11) is 0. The highest BCUT2D eigenvalue weighted by molar-refractivity contribution is 14.1. The number of aromatic hydroxyl groups is 1. The molecule has 4 N–H and O–H groups in total. The van der Waals surface area contributed by atoms with E-state index in [2.05, 4.69) is 59.0 Å². The van der Waals surface area contributed by atoms with Crippen LogP contribution in [0.25, 0.3) is 0 Å². The molecule has 0 amide bonds. The Hall–Kier alpha value is -1.07. The average molecular weight is 581 g/mol. The summed E-state index contributed by atoms with van der Waals surface area (Å²) in [5.74, 6) is 1.05. The van der Waals surface area contributed by atoms with Gasteiger partial charge in [0, 0.05) is 0 Å². The molecule has 5 nitrogen and oxygen atoms in total. The largest absolute Gasteiger partial charge is 0.508 e. The molecule has 1 atom stereocenters. The molecule has 26 heavy (non-hydrogen) atoms. The SMILES string of the molecule is CC(C)Cc1cc(Oc2c(I)cc(C[C@H](N)C(=O)O)cc2I)ccc1O. The van der Waals surface area contributed by atoms with Gasteiger partial charge in [-0.2, -0.15) is 0 Å². The van der Waals surface area contributed by atoms with E-state index in [0.717, 1.165) is 24.7 Å². The zero-order valence-corrected chi connectivity index (χ0v) is 18.8. The Balaban J connectivity index is 2.26. The number of carbonyl (C=O) groups is 1. The number of carboxylic acids is 1. The molecule has 2 rings (SSSR count). The molecule has 7 heteroatoms. The van der Waals surface area contributed by atoms with Gasteiger partial charge in [-0.1, -0.05) is 13.8 Å². The lowest BCUT2D eigenvalue weighted by atomic mass is 10.0. The van der Waals surface area contributed by atoms with Crippen LogP contribution >= 0.6 is 45.2 Å². The van der Waals surface area contributed by atoms with Crippen molar-refractivity contribution in [1.82, 2.24) is 0 Å². The molecular weight excluding hydrogens is 560 g/mol. The van der Waals surface area contributed by atoms with Crippen molar-refractivity contribution in [2.75, 3.05) is 0 Å². The van der Waals surface area contributed by atoms with E-state index in [9.17, 15) is 9.90 Å². The van der Waals surface area contributed by atoms with Crippen molar-refractivity contribution in [2.24, 2.45) is 11.7 Å². The predicted molar refractivity (Wildman–Crippen MR) is 118 cm³/mol. The first-order chi connectivity index (χ1) is 12.2. The summed E-state index contributed by atoms with van der Waals surface area (Å²) < 4.78 is 7.80. The highest BCUT2D eigenvalue weighted by atomic mass is 127. The normalized spacial score (nSPS) is 12.2. The van der Waals surface area contributed by atoms with Gasteiger partial charge in [-0.3, -0.25) is 4.79 Å². The third-order valence-electron chi connectivity index (χ3n) is 3.73. The number of nitrogens with two attached hydrogens (primary N) is 1. The summed E-state index contributed by atoms with van der Waals surface area (Å²) in [5.41, 5.74) is 7.33. The lowest BCUT2D eigenvalue weighted by molar-refractivity contribution is -0.138. The van der Waals surface area contributed by atoms with Crippen LogP contribution < -0.4 is 10.5 Å². The van der Waals surface area contributed by atoms with Gasteiger partial charge in [0.1, 0.15) is 17.5 Å². The third-order valence-corrected chi connectivity index (χ3v) is 5.33. The fourth-order valence-corrected chi connectivity index (χ4v) is 4.63. The monoisotopic (exact) mass is 581 g/mol. The van der Waals surface area contributed by atoms with Crippen LogP contribution in [0.1, 0.15) is 25.0 Å². The van der Waals surface area contributed by atoms with Gasteiger partial charge in [-0.15, -0.1) is 0 Å². The molecule has 0 saturated carbocycles. The Labute approximate surface area is 180 Å². The number of carboxylic acid groups (broad SMARTS) is 1. The Morgan fingerprint density at radius 3 is 2.31 bits per heavy atom. The number of ether oxygens (including phenoxy) is 1. The molecule has 0 fully saturated rings. The second-order valence-electron chi connectivity index (χ2n) is 6.53. The molecule has 0 aliphatic carbocycles. The van der Waals surface area contributed by atoms with Crippen LogP contribution in [-0.4, -0.2) is 22.2 Å². The molecule has 0 unspecified atom stereocenters. The van der Waals surface area contributed by atoms with Crippen molar-refractivity contribution in [3.8, 4) is 17.2 Å². The summed E-state index contributed by atoms with van der Waals surface area (Å²) >= 11 is 4.34. The zero-order chi connectivity index (χ0) is 19.4. The van der Waals surface area contributed by atoms with Crippen molar-refractivity contribution in [3.05, 3.63) is 48.6 Å². The van der Waals surface area contributed by atoms with Crippen molar-refractivity contribution < 1.29 is 19.7 Å². The number of phenolic OH excluding ortho intramolecular Hbond substituents is 1. The topological polar surface area (TPSA) is 92.8 Å². The van der Waals surface area contributed by atoms with Crippen molar-refractivity contribution >= 4 is 51.2 Å². The molecule has 2 aromatic rings. The van der Waals surface area contributed by atoms with Crippen LogP contribution in [-0.2, 0) is 17.6 Å². The molecule has 0 saturated heterocycles. The fourth-order valence-electron chi connectivity index (χ4n) is 2.52. The molecule has 0 aromatic heterocycles. The number of halogens is 2. The highest BCUT2D eigenvalue weighted by Gasteiger charge is 2.16. The van der Waals surface area contributed by atoms with Crippen LogP contribution in [0.2, 0.25) is 0 Å². The lowest BCUT2D eigenvalue weighted by Gasteiger charge is -2.15. The van der Waals surface area contributed by atoms with Gasteiger partial charge in [0.2, 0.25) is 0 Å². The van der Waals surface area contributed by atoms with Crippen molar-refractivity contribution in [1.29, 1.82) is 0 Å². The second-order valence-corrected chi connectivity index (χ2v) is 8.85.